The first-order valence-corrected chi connectivity index (χ1v) is 7.80. The largest absolute Gasteiger partial charge is 0.478 e. The van der Waals surface area contributed by atoms with E-state index in [1.54, 1.807) is 11.4 Å². The number of carbonyl (C=O) groups excluding carboxylic acids is 2. The second kappa shape index (κ2) is 8.80. The van der Waals surface area contributed by atoms with Crippen molar-refractivity contribution >= 4 is 11.9 Å². The zero-order valence-corrected chi connectivity index (χ0v) is 14.0. The molecule has 0 heterocycles. The molecule has 1 rings (SSSR count). The van der Waals surface area contributed by atoms with E-state index in [9.17, 15) is 27.2 Å². The highest BCUT2D eigenvalue weighted by Gasteiger charge is 2.67. The molecule has 0 aromatic heterocycles. The van der Waals surface area contributed by atoms with Gasteiger partial charge in [-0.1, -0.05) is 25.1 Å². The van der Waals surface area contributed by atoms with Gasteiger partial charge >= 0.3 is 17.8 Å². The highest BCUT2D eigenvalue weighted by Crippen LogP contribution is 2.27. The van der Waals surface area contributed by atoms with Gasteiger partial charge in [-0.25, -0.2) is 9.18 Å². The number of carbonyl (C=O) groups is 2. The van der Waals surface area contributed by atoms with Gasteiger partial charge in [-0.3, -0.25) is 10.1 Å². The van der Waals surface area contributed by atoms with Gasteiger partial charge in [0.25, 0.3) is 0 Å². The summed E-state index contributed by atoms with van der Waals surface area (Å²) in [6, 6.07) is 5.65. The van der Waals surface area contributed by atoms with Gasteiger partial charge in [-0.05, 0) is 18.6 Å². The fraction of sp³-hybridized carbons (Fsp3) is 0.500. The van der Waals surface area contributed by atoms with Crippen LogP contribution >= 0.6 is 0 Å². The number of rotatable bonds is 8. The summed E-state index contributed by atoms with van der Waals surface area (Å²) in [5, 5.41) is 2.35. The molecule has 5 nitrogen and oxygen atoms in total. The first kappa shape index (κ1) is 20.9. The monoisotopic (exact) mass is 365 g/mol. The highest BCUT2D eigenvalue weighted by molar-refractivity contribution is 5.87. The Morgan fingerprint density at radius 1 is 1.20 bits per heavy atom. The van der Waals surface area contributed by atoms with Crippen molar-refractivity contribution in [2.24, 2.45) is 0 Å². The molecule has 25 heavy (non-hydrogen) atoms. The average molecular weight is 365 g/mol. The SMILES string of the molecule is CCOC(=O)[C@](NC(=O)CC)([NH2+]CCc1ccccc1F)C(F)(F)F. The molecule has 1 aromatic carbocycles. The van der Waals surface area contributed by atoms with E-state index >= 15 is 0 Å². The van der Waals surface area contributed by atoms with E-state index in [-0.39, 0.29) is 31.6 Å². The van der Waals surface area contributed by atoms with E-state index in [2.05, 4.69) is 4.74 Å². The Morgan fingerprint density at radius 2 is 1.84 bits per heavy atom. The molecule has 0 saturated heterocycles. The first-order valence-electron chi connectivity index (χ1n) is 7.80. The lowest BCUT2D eigenvalue weighted by Gasteiger charge is -2.31. The summed E-state index contributed by atoms with van der Waals surface area (Å²) in [6.07, 6.45) is -5.40. The van der Waals surface area contributed by atoms with Gasteiger partial charge < -0.3 is 10.1 Å². The van der Waals surface area contributed by atoms with Crippen molar-refractivity contribution in [1.29, 1.82) is 0 Å². The van der Waals surface area contributed by atoms with Gasteiger partial charge in [0.2, 0.25) is 5.91 Å². The van der Waals surface area contributed by atoms with Gasteiger partial charge in [0, 0.05) is 12.8 Å². The number of hydrogen-bond donors (Lipinski definition) is 2. The molecule has 1 atom stereocenters. The molecule has 0 bridgehead atoms. The van der Waals surface area contributed by atoms with Crippen LogP contribution in [0.15, 0.2) is 24.3 Å². The van der Waals surface area contributed by atoms with Crippen LogP contribution in [-0.2, 0) is 20.7 Å². The average Bonchev–Trinajstić information content (AvgIpc) is 2.54. The first-order chi connectivity index (χ1) is 11.7. The number of amides is 1. The van der Waals surface area contributed by atoms with E-state index in [1.807, 2.05) is 0 Å². The van der Waals surface area contributed by atoms with Crippen LogP contribution in [0.25, 0.3) is 0 Å². The van der Waals surface area contributed by atoms with Gasteiger partial charge in [-0.15, -0.1) is 0 Å². The molecule has 0 aliphatic rings. The summed E-state index contributed by atoms with van der Waals surface area (Å²) in [7, 11) is 0. The molecule has 1 aromatic rings. The third kappa shape index (κ3) is 5.15. The molecule has 0 aliphatic carbocycles. The van der Waals surface area contributed by atoms with E-state index in [1.165, 1.54) is 32.0 Å². The lowest BCUT2D eigenvalue weighted by atomic mass is 10.1. The minimum absolute atomic E-state index is 0.0636. The predicted molar refractivity (Wildman–Crippen MR) is 80.7 cm³/mol. The van der Waals surface area contributed by atoms with Crippen LogP contribution in [0.3, 0.4) is 0 Å². The minimum atomic E-state index is -5.10. The Hall–Kier alpha value is -2.16. The second-order valence-corrected chi connectivity index (χ2v) is 5.26. The van der Waals surface area contributed by atoms with E-state index in [0.29, 0.717) is 5.32 Å². The van der Waals surface area contributed by atoms with Crippen LogP contribution in [-0.4, -0.2) is 36.9 Å². The Morgan fingerprint density at radius 3 is 2.36 bits per heavy atom. The zero-order valence-electron chi connectivity index (χ0n) is 14.0. The summed E-state index contributed by atoms with van der Waals surface area (Å²) >= 11 is 0. The Balaban J connectivity index is 3.05. The van der Waals surface area contributed by atoms with E-state index < -0.39 is 29.5 Å². The molecule has 1 amide bonds. The molecule has 0 unspecified atom stereocenters. The van der Waals surface area contributed by atoms with Crippen LogP contribution in [0, 0.1) is 5.82 Å². The summed E-state index contributed by atoms with van der Waals surface area (Å²) in [4.78, 5) is 23.6. The molecule has 140 valence electrons. The smallest absolute Gasteiger partial charge is 0.460 e. The summed E-state index contributed by atoms with van der Waals surface area (Å²) in [5.74, 6) is -3.12. The van der Waals surface area contributed by atoms with Gasteiger partial charge in [0.05, 0.1) is 13.2 Å². The lowest BCUT2D eigenvalue weighted by Crippen LogP contribution is -3.07. The standard InChI is InChI=1S/C16H20F4N2O3/c1-3-13(23)22-15(16(18,19)20,14(24)25-4-2)21-10-9-11-7-5-6-8-12(11)17/h5-8,21H,3-4,9-10H2,1-2H3,(H,22,23)/p+1/t15-/m1/s1. The minimum Gasteiger partial charge on any atom is -0.460 e. The van der Waals surface area contributed by atoms with Crippen LogP contribution in [0.5, 0.6) is 0 Å². The number of nitrogens with one attached hydrogen (secondary N) is 1. The lowest BCUT2D eigenvalue weighted by molar-refractivity contribution is -0.743. The molecular formula is C16H21F4N2O3+. The fourth-order valence-corrected chi connectivity index (χ4v) is 2.19. The van der Waals surface area contributed by atoms with Gasteiger partial charge in [0.15, 0.2) is 0 Å². The predicted octanol–water partition coefficient (Wildman–Crippen LogP) is 1.28. The number of benzene rings is 1. The van der Waals surface area contributed by atoms with Crippen LogP contribution in [0.4, 0.5) is 17.6 Å². The number of nitrogens with two attached hydrogens (primary N) is 1. The molecule has 3 N–H and O–H groups in total. The molecule has 0 spiro atoms. The van der Waals surface area contributed by atoms with Crippen molar-refractivity contribution in [3.8, 4) is 0 Å². The van der Waals surface area contributed by atoms with Crippen molar-refractivity contribution in [2.45, 2.75) is 38.5 Å². The normalized spacial score (nSPS) is 13.8. The Labute approximate surface area is 142 Å². The molecular weight excluding hydrogens is 344 g/mol. The van der Waals surface area contributed by atoms with Gasteiger partial charge in [0.1, 0.15) is 5.82 Å². The third-order valence-corrected chi connectivity index (χ3v) is 3.52. The van der Waals surface area contributed by atoms with Crippen LogP contribution < -0.4 is 10.6 Å². The Kier molecular flexibility index (Phi) is 7.35. The van der Waals surface area contributed by atoms with Crippen molar-refractivity contribution in [3.63, 3.8) is 0 Å². The summed E-state index contributed by atoms with van der Waals surface area (Å²) in [6.45, 7) is 2.16. The fourth-order valence-electron chi connectivity index (χ4n) is 2.19. The Bertz CT molecular complexity index is 607. The number of alkyl halides is 3. The number of ether oxygens (including phenoxy) is 1. The molecule has 0 saturated carbocycles. The number of esters is 1. The third-order valence-electron chi connectivity index (χ3n) is 3.52. The highest BCUT2D eigenvalue weighted by atomic mass is 19.4. The quantitative estimate of drug-likeness (QED) is 0.414. The van der Waals surface area contributed by atoms with Gasteiger partial charge in [-0.2, -0.15) is 13.2 Å². The molecule has 9 heteroatoms. The molecule has 0 fully saturated rings. The molecule has 0 aliphatic heterocycles. The topological polar surface area (TPSA) is 72.0 Å². The summed E-state index contributed by atoms with van der Waals surface area (Å²) in [5.41, 5.74) is -3.05. The number of hydrogen-bond acceptors (Lipinski definition) is 3. The van der Waals surface area contributed by atoms with Crippen molar-refractivity contribution in [2.75, 3.05) is 13.2 Å². The number of quaternary nitrogens is 1. The second-order valence-electron chi connectivity index (χ2n) is 5.26. The van der Waals surface area contributed by atoms with Crippen molar-refractivity contribution in [3.05, 3.63) is 35.6 Å². The zero-order chi connectivity index (χ0) is 19.1. The van der Waals surface area contributed by atoms with E-state index in [0.717, 1.165) is 0 Å². The maximum atomic E-state index is 13.6. The van der Waals surface area contributed by atoms with Crippen LogP contribution in [0.1, 0.15) is 25.8 Å². The summed E-state index contributed by atoms with van der Waals surface area (Å²) < 4.78 is 59.0. The van der Waals surface area contributed by atoms with Crippen molar-refractivity contribution in [1.82, 2.24) is 5.32 Å². The maximum absolute atomic E-state index is 13.6. The number of halogens is 4. The molecule has 0 radical (unpaired) electrons. The van der Waals surface area contributed by atoms with E-state index in [4.69, 9.17) is 0 Å². The maximum Gasteiger partial charge on any atom is 0.478 e. The van der Waals surface area contributed by atoms with Crippen LogP contribution in [0.2, 0.25) is 0 Å². The van der Waals surface area contributed by atoms with Crippen molar-refractivity contribution < 1.29 is 37.2 Å².